The first kappa shape index (κ1) is 46.1. The van der Waals surface area contributed by atoms with E-state index in [1.54, 1.807) is 85.8 Å². The highest BCUT2D eigenvalue weighted by Crippen LogP contribution is 2.26. The van der Waals surface area contributed by atoms with Gasteiger partial charge < -0.3 is 39.1 Å². The zero-order valence-corrected chi connectivity index (χ0v) is 34.6. The van der Waals surface area contributed by atoms with Crippen molar-refractivity contribution in [1.29, 1.82) is 0 Å². The Hall–Kier alpha value is -8.00. The van der Waals surface area contributed by atoms with Crippen LogP contribution in [0.5, 0.6) is 23.0 Å². The molecule has 14 nitrogen and oxygen atoms in total. The fourth-order valence-corrected chi connectivity index (χ4v) is 5.57. The minimum Gasteiger partial charge on any atom is -0.494 e. The van der Waals surface area contributed by atoms with Gasteiger partial charge in [-0.1, -0.05) is 13.2 Å². The van der Waals surface area contributed by atoms with Gasteiger partial charge in [-0.05, 0) is 153 Å². The number of hydrogen-bond acceptors (Lipinski definition) is 12. The molecule has 0 unspecified atom stereocenters. The Kier molecular flexibility index (Phi) is 17.3. The second-order valence-corrected chi connectivity index (χ2v) is 13.7. The standard InChI is InChI=1S/C49H46N2O12/c1-4-44(52)60-30-8-6-28-58-40-22-14-34(15-23-40)46(54)50-38-18-10-36(11-19-38)48(56)62-42-26-27-43(33(3)32-42)63-49(57)37-12-20-39(21-13-37)51-47(55)35-16-24-41(25-17-35)59-29-7-9-31-61-45(53)5-2/h4-5,10-27,32H,1-2,6-9,28-31H2,3H3,(H,50,54)(H,51,55). The van der Waals surface area contributed by atoms with E-state index >= 15 is 0 Å². The predicted molar refractivity (Wildman–Crippen MR) is 235 cm³/mol. The maximum Gasteiger partial charge on any atom is 0.343 e. The van der Waals surface area contributed by atoms with Gasteiger partial charge in [0, 0.05) is 34.7 Å². The van der Waals surface area contributed by atoms with Crippen molar-refractivity contribution in [2.45, 2.75) is 32.6 Å². The van der Waals surface area contributed by atoms with E-state index in [-0.39, 0.29) is 47.7 Å². The van der Waals surface area contributed by atoms with Crippen molar-refractivity contribution in [1.82, 2.24) is 0 Å². The van der Waals surface area contributed by atoms with E-state index in [9.17, 15) is 28.8 Å². The Morgan fingerprint density at radius 3 is 1.27 bits per heavy atom. The van der Waals surface area contributed by atoms with E-state index < -0.39 is 23.9 Å². The summed E-state index contributed by atoms with van der Waals surface area (Å²) >= 11 is 0. The minimum absolute atomic E-state index is 0.235. The molecule has 5 aromatic rings. The van der Waals surface area contributed by atoms with Crippen LogP contribution in [-0.2, 0) is 19.1 Å². The van der Waals surface area contributed by atoms with E-state index in [0.29, 0.717) is 78.5 Å². The van der Waals surface area contributed by atoms with Gasteiger partial charge in [0.25, 0.3) is 11.8 Å². The van der Waals surface area contributed by atoms with Crippen LogP contribution in [0.15, 0.2) is 141 Å². The van der Waals surface area contributed by atoms with Crippen molar-refractivity contribution in [3.8, 4) is 23.0 Å². The number of amides is 2. The molecule has 0 aliphatic carbocycles. The molecule has 5 rings (SSSR count). The topological polar surface area (TPSA) is 182 Å². The molecule has 14 heteroatoms. The maximum atomic E-state index is 13.0. The van der Waals surface area contributed by atoms with Crippen LogP contribution in [0, 0.1) is 6.92 Å². The summed E-state index contributed by atoms with van der Waals surface area (Å²) in [6.07, 6.45) is 4.89. The molecule has 0 saturated carbocycles. The number of carbonyl (C=O) groups is 6. The third-order valence-corrected chi connectivity index (χ3v) is 8.99. The number of ether oxygens (including phenoxy) is 6. The zero-order chi connectivity index (χ0) is 45.0. The van der Waals surface area contributed by atoms with E-state index in [1.807, 2.05) is 0 Å². The lowest BCUT2D eigenvalue weighted by Crippen LogP contribution is -2.13. The van der Waals surface area contributed by atoms with Crippen molar-refractivity contribution in [3.63, 3.8) is 0 Å². The molecule has 0 saturated heterocycles. The first-order valence-electron chi connectivity index (χ1n) is 19.9. The fraction of sp³-hybridized carbons (Fsp3) is 0.184. The first-order valence-corrected chi connectivity index (χ1v) is 19.9. The number of rotatable bonds is 22. The summed E-state index contributed by atoms with van der Waals surface area (Å²) in [7, 11) is 0. The van der Waals surface area contributed by atoms with E-state index in [2.05, 4.69) is 23.8 Å². The van der Waals surface area contributed by atoms with Crippen molar-refractivity contribution in [2.75, 3.05) is 37.1 Å². The van der Waals surface area contributed by atoms with Crippen LogP contribution in [-0.4, -0.2) is 62.1 Å². The number of benzene rings is 5. The molecule has 0 fully saturated rings. The minimum atomic E-state index is -0.627. The lowest BCUT2D eigenvalue weighted by Gasteiger charge is -2.11. The Balaban J connectivity index is 1.03. The molecular formula is C49H46N2O12. The molecule has 2 N–H and O–H groups in total. The summed E-state index contributed by atoms with van der Waals surface area (Å²) in [4.78, 5) is 73.7. The number of carbonyl (C=O) groups excluding carboxylic acids is 6. The summed E-state index contributed by atoms with van der Waals surface area (Å²) in [6, 6.07) is 30.4. The van der Waals surface area contributed by atoms with Crippen molar-refractivity contribution in [3.05, 3.63) is 168 Å². The van der Waals surface area contributed by atoms with Crippen LogP contribution in [0.3, 0.4) is 0 Å². The predicted octanol–water partition coefficient (Wildman–Crippen LogP) is 8.71. The van der Waals surface area contributed by atoms with Crippen LogP contribution >= 0.6 is 0 Å². The fourth-order valence-electron chi connectivity index (χ4n) is 5.57. The highest BCUT2D eigenvalue weighted by Gasteiger charge is 2.15. The first-order chi connectivity index (χ1) is 30.5. The highest BCUT2D eigenvalue weighted by atomic mass is 16.5. The van der Waals surface area contributed by atoms with Gasteiger partial charge in [0.05, 0.1) is 37.6 Å². The van der Waals surface area contributed by atoms with E-state index in [0.717, 1.165) is 12.2 Å². The molecule has 0 atom stereocenters. The van der Waals surface area contributed by atoms with Crippen LogP contribution in [0.25, 0.3) is 0 Å². The average Bonchev–Trinajstić information content (AvgIpc) is 3.30. The molecule has 0 heterocycles. The van der Waals surface area contributed by atoms with E-state index in [4.69, 9.17) is 28.4 Å². The lowest BCUT2D eigenvalue weighted by molar-refractivity contribution is -0.138. The Morgan fingerprint density at radius 1 is 0.476 bits per heavy atom. The van der Waals surface area contributed by atoms with Gasteiger partial charge in [-0.2, -0.15) is 0 Å². The summed E-state index contributed by atoms with van der Waals surface area (Å²) < 4.78 is 32.4. The molecule has 0 aliphatic heterocycles. The normalized spacial score (nSPS) is 10.4. The highest BCUT2D eigenvalue weighted by molar-refractivity contribution is 6.05. The average molecular weight is 855 g/mol. The van der Waals surface area contributed by atoms with Gasteiger partial charge in [0.2, 0.25) is 0 Å². The molecule has 0 bridgehead atoms. The van der Waals surface area contributed by atoms with Gasteiger partial charge in [-0.15, -0.1) is 0 Å². The van der Waals surface area contributed by atoms with Crippen LogP contribution in [0.2, 0.25) is 0 Å². The smallest absolute Gasteiger partial charge is 0.343 e. The molecule has 324 valence electrons. The molecular weight excluding hydrogens is 809 g/mol. The van der Waals surface area contributed by atoms with Gasteiger partial charge in [0.15, 0.2) is 0 Å². The number of nitrogens with one attached hydrogen (secondary N) is 2. The largest absolute Gasteiger partial charge is 0.494 e. The number of aryl methyl sites for hydroxylation is 1. The van der Waals surface area contributed by atoms with Gasteiger partial charge in [0.1, 0.15) is 23.0 Å². The van der Waals surface area contributed by atoms with Gasteiger partial charge in [-0.3, -0.25) is 9.59 Å². The number of anilines is 2. The number of esters is 4. The molecule has 0 spiro atoms. The SMILES string of the molecule is C=CC(=O)OCCCCOc1ccc(C(=O)Nc2ccc(C(=O)Oc3ccc(OC(=O)c4ccc(NC(=O)c5ccc(OCCCCOC(=O)C=C)cc5)cc4)c(C)c3)cc2)cc1. The molecule has 2 amide bonds. The molecule has 0 aliphatic rings. The van der Waals surface area contributed by atoms with Crippen LogP contribution in [0.4, 0.5) is 11.4 Å². The van der Waals surface area contributed by atoms with E-state index in [1.165, 1.54) is 36.4 Å². The van der Waals surface area contributed by atoms with Crippen molar-refractivity contribution in [2.24, 2.45) is 0 Å². The molecule has 63 heavy (non-hydrogen) atoms. The molecule has 0 aromatic heterocycles. The van der Waals surface area contributed by atoms with Gasteiger partial charge >= 0.3 is 23.9 Å². The molecule has 0 radical (unpaired) electrons. The third kappa shape index (κ3) is 14.9. The monoisotopic (exact) mass is 854 g/mol. The van der Waals surface area contributed by atoms with Crippen LogP contribution < -0.4 is 29.6 Å². The quantitative estimate of drug-likeness (QED) is 0.0293. The maximum absolute atomic E-state index is 13.0. The van der Waals surface area contributed by atoms with Gasteiger partial charge in [-0.25, -0.2) is 19.2 Å². The second-order valence-electron chi connectivity index (χ2n) is 13.7. The molecule has 5 aromatic carbocycles. The van der Waals surface area contributed by atoms with Crippen LogP contribution in [0.1, 0.15) is 72.7 Å². The number of hydrogen-bond donors (Lipinski definition) is 2. The van der Waals surface area contributed by atoms with Crippen molar-refractivity contribution >= 4 is 47.1 Å². The second kappa shape index (κ2) is 23.7. The Bertz CT molecular complexity index is 2390. The Labute approximate surface area is 364 Å². The third-order valence-electron chi connectivity index (χ3n) is 8.99. The van der Waals surface area contributed by atoms with Crippen molar-refractivity contribution < 1.29 is 57.2 Å². The summed E-state index contributed by atoms with van der Waals surface area (Å²) in [5.74, 6) is -1.17. The summed E-state index contributed by atoms with van der Waals surface area (Å²) in [6.45, 7) is 9.83. The lowest BCUT2D eigenvalue weighted by atomic mass is 10.1. The summed E-state index contributed by atoms with van der Waals surface area (Å²) in [5, 5.41) is 5.59. The number of unbranched alkanes of at least 4 members (excludes halogenated alkanes) is 2. The Morgan fingerprint density at radius 2 is 0.857 bits per heavy atom. The zero-order valence-electron chi connectivity index (χ0n) is 34.6. The summed E-state index contributed by atoms with van der Waals surface area (Å²) in [5.41, 5.74) is 2.81.